The van der Waals surface area contributed by atoms with Gasteiger partial charge in [0.25, 0.3) is 0 Å². The van der Waals surface area contributed by atoms with Crippen LogP contribution in [0, 0.1) is 6.92 Å². The van der Waals surface area contributed by atoms with Gasteiger partial charge in [0, 0.05) is 5.56 Å². The number of nitrogens with zero attached hydrogens (tertiary/aromatic N) is 2. The van der Waals surface area contributed by atoms with Crippen LogP contribution in [0.15, 0.2) is 84.9 Å². The van der Waals surface area contributed by atoms with Crippen molar-refractivity contribution in [3.8, 4) is 0 Å². The smallest absolute Gasteiger partial charge is 0.418 e. The predicted molar refractivity (Wildman–Crippen MR) is 98.2 cm³/mol. The number of para-hydroxylation sites is 2. The minimum Gasteiger partial charge on any atom is -0.418 e. The molecule has 0 radical (unpaired) electrons. The number of amides is 1. The van der Waals surface area contributed by atoms with Crippen LogP contribution >= 0.6 is 0 Å². The average molecular weight is 330 g/mol. The number of rotatable bonds is 3. The summed E-state index contributed by atoms with van der Waals surface area (Å²) in [4.78, 5) is 12.7. The highest BCUT2D eigenvalue weighted by atomic mass is 16.6. The maximum Gasteiger partial charge on any atom is 0.436 e. The van der Waals surface area contributed by atoms with Crippen molar-refractivity contribution >= 4 is 17.5 Å². The van der Waals surface area contributed by atoms with Gasteiger partial charge in [-0.1, -0.05) is 66.2 Å². The Morgan fingerprint density at radius 2 is 1.44 bits per heavy atom. The summed E-state index contributed by atoms with van der Waals surface area (Å²) in [6.07, 6.45) is -0.892. The summed E-state index contributed by atoms with van der Waals surface area (Å²) in [5.74, 6) is 0. The van der Waals surface area contributed by atoms with Crippen LogP contribution in [-0.4, -0.2) is 6.09 Å². The zero-order chi connectivity index (χ0) is 17.2. The molecule has 1 atom stereocenters. The highest BCUT2D eigenvalue weighted by molar-refractivity contribution is 5.93. The van der Waals surface area contributed by atoms with Crippen LogP contribution in [-0.2, 0) is 4.74 Å². The molecule has 1 fully saturated rings. The van der Waals surface area contributed by atoms with Crippen LogP contribution in [0.25, 0.3) is 0 Å². The molecule has 4 nitrogen and oxygen atoms in total. The van der Waals surface area contributed by atoms with E-state index in [1.165, 1.54) is 0 Å². The molecule has 1 amide bonds. The van der Waals surface area contributed by atoms with Crippen molar-refractivity contribution in [1.29, 1.82) is 0 Å². The van der Waals surface area contributed by atoms with E-state index < -0.39 is 6.23 Å². The molecule has 0 saturated carbocycles. The Morgan fingerprint density at radius 3 is 2.08 bits per heavy atom. The van der Waals surface area contributed by atoms with E-state index in [9.17, 15) is 4.79 Å². The predicted octanol–water partition coefficient (Wildman–Crippen LogP) is 5.07. The fourth-order valence-electron chi connectivity index (χ4n) is 3.05. The lowest BCUT2D eigenvalue weighted by Gasteiger charge is -2.30. The monoisotopic (exact) mass is 330 g/mol. The highest BCUT2D eigenvalue weighted by Gasteiger charge is 2.41. The molecule has 1 aliphatic heterocycles. The maximum absolute atomic E-state index is 12.7. The molecule has 0 aliphatic carbocycles. The summed E-state index contributed by atoms with van der Waals surface area (Å²) in [6.45, 7) is 2.03. The molecule has 3 aromatic carbocycles. The van der Waals surface area contributed by atoms with Gasteiger partial charge in [-0.3, -0.25) is 0 Å². The first-order valence-corrected chi connectivity index (χ1v) is 8.20. The van der Waals surface area contributed by atoms with Gasteiger partial charge in [0.15, 0.2) is 0 Å². The van der Waals surface area contributed by atoms with Crippen LogP contribution in [0.4, 0.5) is 16.2 Å². The second-order valence-corrected chi connectivity index (χ2v) is 5.98. The Kier molecular flexibility index (Phi) is 3.86. The van der Waals surface area contributed by atoms with E-state index >= 15 is 0 Å². The average Bonchev–Trinajstić information content (AvgIpc) is 3.00. The quantitative estimate of drug-likeness (QED) is 0.672. The van der Waals surface area contributed by atoms with E-state index in [0.717, 1.165) is 22.5 Å². The largest absolute Gasteiger partial charge is 0.436 e. The fourth-order valence-corrected chi connectivity index (χ4v) is 3.05. The lowest BCUT2D eigenvalue weighted by Crippen LogP contribution is -2.40. The second kappa shape index (κ2) is 6.32. The Bertz CT molecular complexity index is 881. The van der Waals surface area contributed by atoms with Crippen LogP contribution in [0.2, 0.25) is 0 Å². The number of hydrogen-bond acceptors (Lipinski definition) is 3. The number of cyclic esters (lactones) is 1. The summed E-state index contributed by atoms with van der Waals surface area (Å²) >= 11 is 0. The van der Waals surface area contributed by atoms with Gasteiger partial charge < -0.3 is 4.74 Å². The van der Waals surface area contributed by atoms with Crippen LogP contribution in [0.1, 0.15) is 17.4 Å². The van der Waals surface area contributed by atoms with Gasteiger partial charge in [0.1, 0.15) is 0 Å². The number of carbonyl (C=O) groups excluding carboxylic acids is 1. The van der Waals surface area contributed by atoms with Gasteiger partial charge in [-0.25, -0.2) is 9.80 Å². The molecule has 4 rings (SSSR count). The molecule has 0 spiro atoms. The lowest BCUT2D eigenvalue weighted by molar-refractivity contribution is 0.139. The number of aryl methyl sites for hydroxylation is 1. The first-order chi connectivity index (χ1) is 12.2. The number of hydrazine groups is 1. The van der Waals surface area contributed by atoms with Crippen molar-refractivity contribution in [2.75, 3.05) is 10.0 Å². The SMILES string of the molecule is Cc1cccc(C2OC(=O)N(c3ccccc3)N2c2ccccc2)c1. The van der Waals surface area contributed by atoms with E-state index in [4.69, 9.17) is 4.74 Å². The van der Waals surface area contributed by atoms with E-state index in [1.54, 1.807) is 5.01 Å². The van der Waals surface area contributed by atoms with Crippen molar-refractivity contribution in [2.24, 2.45) is 0 Å². The van der Waals surface area contributed by atoms with Gasteiger partial charge >= 0.3 is 6.09 Å². The third-order valence-corrected chi connectivity index (χ3v) is 4.17. The molecule has 4 heteroatoms. The standard InChI is InChI=1S/C21H18N2O2/c1-16-9-8-10-17(15-16)20-22(18-11-4-2-5-12-18)23(21(24)25-20)19-13-6-3-7-14-19/h2-15,20H,1H3. The second-order valence-electron chi connectivity index (χ2n) is 5.98. The molecule has 0 bridgehead atoms. The third-order valence-electron chi connectivity index (χ3n) is 4.17. The first kappa shape index (κ1) is 15.3. The summed E-state index contributed by atoms with van der Waals surface area (Å²) < 4.78 is 5.75. The van der Waals surface area contributed by atoms with E-state index in [2.05, 4.69) is 0 Å². The fraction of sp³-hybridized carbons (Fsp3) is 0.0952. The third kappa shape index (κ3) is 2.83. The van der Waals surface area contributed by atoms with Crippen molar-refractivity contribution < 1.29 is 9.53 Å². The molecule has 3 aromatic rings. The van der Waals surface area contributed by atoms with Gasteiger partial charge in [0.05, 0.1) is 11.4 Å². The number of hydrogen-bond donors (Lipinski definition) is 0. The molecular weight excluding hydrogens is 312 g/mol. The minimum atomic E-state index is -0.505. The van der Waals surface area contributed by atoms with Crippen LogP contribution < -0.4 is 10.0 Å². The molecule has 1 unspecified atom stereocenters. The molecule has 25 heavy (non-hydrogen) atoms. The molecule has 124 valence electrons. The van der Waals surface area contributed by atoms with Crippen molar-refractivity contribution in [1.82, 2.24) is 0 Å². The Labute approximate surface area is 146 Å². The number of benzene rings is 3. The minimum absolute atomic E-state index is 0.387. The van der Waals surface area contributed by atoms with Crippen LogP contribution in [0.3, 0.4) is 0 Å². The summed E-state index contributed by atoms with van der Waals surface area (Å²) in [7, 11) is 0. The Balaban J connectivity index is 1.83. The van der Waals surface area contributed by atoms with E-state index in [0.29, 0.717) is 0 Å². The van der Waals surface area contributed by atoms with Gasteiger partial charge in [-0.15, -0.1) is 0 Å². The molecular formula is C21H18N2O2. The summed E-state index contributed by atoms with van der Waals surface area (Å²) in [5.41, 5.74) is 3.73. The van der Waals surface area contributed by atoms with Crippen LogP contribution in [0.5, 0.6) is 0 Å². The number of ether oxygens (including phenoxy) is 1. The van der Waals surface area contributed by atoms with Gasteiger partial charge in [-0.05, 0) is 31.2 Å². The zero-order valence-electron chi connectivity index (χ0n) is 13.9. The first-order valence-electron chi connectivity index (χ1n) is 8.20. The normalized spacial score (nSPS) is 16.8. The van der Waals surface area contributed by atoms with E-state index in [1.807, 2.05) is 96.9 Å². The van der Waals surface area contributed by atoms with Crippen molar-refractivity contribution in [3.05, 3.63) is 96.1 Å². The Hall–Kier alpha value is -3.27. The number of anilines is 2. The van der Waals surface area contributed by atoms with Gasteiger partial charge in [-0.2, -0.15) is 5.01 Å². The lowest BCUT2D eigenvalue weighted by atomic mass is 10.1. The number of carbonyl (C=O) groups is 1. The topological polar surface area (TPSA) is 32.8 Å². The Morgan fingerprint density at radius 1 is 0.800 bits per heavy atom. The molecule has 1 aliphatic rings. The molecule has 0 aromatic heterocycles. The summed E-state index contributed by atoms with van der Waals surface area (Å²) in [6, 6.07) is 27.4. The molecule has 1 saturated heterocycles. The summed E-state index contributed by atoms with van der Waals surface area (Å²) in [5, 5.41) is 3.48. The van der Waals surface area contributed by atoms with Crippen molar-refractivity contribution in [2.45, 2.75) is 13.2 Å². The molecule has 0 N–H and O–H groups in total. The molecule has 1 heterocycles. The highest BCUT2D eigenvalue weighted by Crippen LogP contribution is 2.38. The van der Waals surface area contributed by atoms with Gasteiger partial charge in [0.2, 0.25) is 6.23 Å². The zero-order valence-corrected chi connectivity index (χ0v) is 13.9. The van der Waals surface area contributed by atoms with E-state index in [-0.39, 0.29) is 6.09 Å². The van der Waals surface area contributed by atoms with Crippen molar-refractivity contribution in [3.63, 3.8) is 0 Å². The maximum atomic E-state index is 12.7.